The SMILES string of the molecule is O=C1CCCC2OC2[C@H]2CCCCCC[C@@H]12. The summed E-state index contributed by atoms with van der Waals surface area (Å²) in [5, 5.41) is 0. The van der Waals surface area contributed by atoms with E-state index in [1.54, 1.807) is 0 Å². The van der Waals surface area contributed by atoms with Crippen molar-refractivity contribution in [3.8, 4) is 0 Å². The summed E-state index contributed by atoms with van der Waals surface area (Å²) in [7, 11) is 0. The monoisotopic (exact) mass is 222 g/mol. The Kier molecular flexibility index (Phi) is 3.01. The molecule has 2 unspecified atom stereocenters. The van der Waals surface area contributed by atoms with Gasteiger partial charge >= 0.3 is 0 Å². The van der Waals surface area contributed by atoms with Crippen LogP contribution in [0.3, 0.4) is 0 Å². The Morgan fingerprint density at radius 1 is 0.938 bits per heavy atom. The van der Waals surface area contributed by atoms with Gasteiger partial charge < -0.3 is 4.74 Å². The summed E-state index contributed by atoms with van der Waals surface area (Å²) >= 11 is 0. The maximum absolute atomic E-state index is 12.2. The molecular weight excluding hydrogens is 200 g/mol. The molecule has 3 aliphatic rings. The number of Topliss-reactive ketones (excluding diaryl/α,β-unsaturated/α-hetero) is 1. The Morgan fingerprint density at radius 3 is 2.62 bits per heavy atom. The van der Waals surface area contributed by atoms with Crippen molar-refractivity contribution in [2.45, 2.75) is 70.0 Å². The second kappa shape index (κ2) is 4.48. The van der Waals surface area contributed by atoms with E-state index in [0.717, 1.165) is 25.7 Å². The lowest BCUT2D eigenvalue weighted by atomic mass is 9.74. The van der Waals surface area contributed by atoms with Gasteiger partial charge in [0.1, 0.15) is 5.78 Å². The third kappa shape index (κ3) is 2.04. The maximum atomic E-state index is 12.2. The number of fused-ring (bicyclic) bond motifs is 3. The predicted octanol–water partition coefficient (Wildman–Crippen LogP) is 3.09. The van der Waals surface area contributed by atoms with Crippen LogP contribution < -0.4 is 0 Å². The van der Waals surface area contributed by atoms with E-state index in [1.165, 1.54) is 32.1 Å². The van der Waals surface area contributed by atoms with Crippen LogP contribution in [0.5, 0.6) is 0 Å². The topological polar surface area (TPSA) is 29.6 Å². The number of carbonyl (C=O) groups is 1. The minimum absolute atomic E-state index is 0.343. The largest absolute Gasteiger partial charge is 0.369 e. The first-order valence-electron chi connectivity index (χ1n) is 7.04. The van der Waals surface area contributed by atoms with Gasteiger partial charge in [0.25, 0.3) is 0 Å². The van der Waals surface area contributed by atoms with Crippen LogP contribution in [-0.4, -0.2) is 18.0 Å². The van der Waals surface area contributed by atoms with Crippen molar-refractivity contribution in [2.24, 2.45) is 11.8 Å². The van der Waals surface area contributed by atoms with E-state index in [0.29, 0.717) is 29.8 Å². The molecule has 0 radical (unpaired) electrons. The average Bonchev–Trinajstić information content (AvgIpc) is 2.95. The van der Waals surface area contributed by atoms with Crippen molar-refractivity contribution < 1.29 is 9.53 Å². The summed E-state index contributed by atoms with van der Waals surface area (Å²) in [6.07, 6.45) is 11.6. The lowest BCUT2D eigenvalue weighted by Gasteiger charge is -2.28. The van der Waals surface area contributed by atoms with Crippen LogP contribution in [0.4, 0.5) is 0 Å². The first-order valence-corrected chi connectivity index (χ1v) is 7.04. The fourth-order valence-corrected chi connectivity index (χ4v) is 3.73. The van der Waals surface area contributed by atoms with Crippen molar-refractivity contribution >= 4 is 5.78 Å². The lowest BCUT2D eigenvalue weighted by Crippen LogP contribution is -2.31. The molecular formula is C14H22O2. The Hall–Kier alpha value is -0.370. The number of hydrogen-bond donors (Lipinski definition) is 0. The van der Waals surface area contributed by atoms with Crippen LogP contribution in [0.15, 0.2) is 0 Å². The lowest BCUT2D eigenvalue weighted by molar-refractivity contribution is -0.125. The fraction of sp³-hybridized carbons (Fsp3) is 0.929. The molecule has 2 saturated carbocycles. The molecule has 2 aliphatic carbocycles. The number of ketones is 1. The first-order chi connectivity index (χ1) is 7.86. The van der Waals surface area contributed by atoms with Crippen LogP contribution in [0.1, 0.15) is 57.8 Å². The van der Waals surface area contributed by atoms with Crippen LogP contribution in [-0.2, 0) is 9.53 Å². The molecule has 0 aromatic heterocycles. The van der Waals surface area contributed by atoms with E-state index >= 15 is 0 Å². The number of hydrogen-bond acceptors (Lipinski definition) is 2. The second-order valence-electron chi connectivity index (χ2n) is 5.76. The van der Waals surface area contributed by atoms with E-state index in [9.17, 15) is 4.79 Å². The summed E-state index contributed by atoms with van der Waals surface area (Å²) in [6, 6.07) is 0. The zero-order valence-corrected chi connectivity index (χ0v) is 9.99. The molecule has 1 heterocycles. The third-order valence-corrected chi connectivity index (χ3v) is 4.69. The Bertz CT molecular complexity index is 274. The molecule has 1 aliphatic heterocycles. The highest BCUT2D eigenvalue weighted by atomic mass is 16.6. The molecule has 90 valence electrons. The van der Waals surface area contributed by atoms with Gasteiger partial charge in [0.15, 0.2) is 0 Å². The second-order valence-corrected chi connectivity index (χ2v) is 5.76. The van der Waals surface area contributed by atoms with Crippen molar-refractivity contribution in [3.05, 3.63) is 0 Å². The molecule has 0 spiro atoms. The maximum Gasteiger partial charge on any atom is 0.136 e. The van der Waals surface area contributed by atoms with E-state index in [2.05, 4.69) is 0 Å². The van der Waals surface area contributed by atoms with Crippen molar-refractivity contribution in [1.29, 1.82) is 0 Å². The number of rotatable bonds is 0. The number of ether oxygens (including phenoxy) is 1. The molecule has 2 heteroatoms. The zero-order chi connectivity index (χ0) is 11.0. The molecule has 16 heavy (non-hydrogen) atoms. The first kappa shape index (κ1) is 10.8. The van der Waals surface area contributed by atoms with Gasteiger partial charge in [0.05, 0.1) is 12.2 Å². The van der Waals surface area contributed by atoms with Crippen LogP contribution in [0, 0.1) is 11.8 Å². The average molecular weight is 222 g/mol. The Labute approximate surface area is 97.7 Å². The third-order valence-electron chi connectivity index (χ3n) is 4.69. The van der Waals surface area contributed by atoms with Crippen LogP contribution in [0.2, 0.25) is 0 Å². The molecule has 0 aromatic rings. The minimum atomic E-state index is 0.343. The summed E-state index contributed by atoms with van der Waals surface area (Å²) in [5.74, 6) is 1.45. The van der Waals surface area contributed by atoms with Gasteiger partial charge in [0, 0.05) is 12.3 Å². The van der Waals surface area contributed by atoms with Crippen LogP contribution >= 0.6 is 0 Å². The number of epoxide rings is 1. The Morgan fingerprint density at radius 2 is 1.75 bits per heavy atom. The molecule has 2 nitrogen and oxygen atoms in total. The summed E-state index contributed by atoms with van der Waals surface area (Å²) in [4.78, 5) is 12.2. The van der Waals surface area contributed by atoms with Gasteiger partial charge in [-0.2, -0.15) is 0 Å². The van der Waals surface area contributed by atoms with E-state index < -0.39 is 0 Å². The highest BCUT2D eigenvalue weighted by Gasteiger charge is 2.49. The molecule has 0 aromatic carbocycles. The van der Waals surface area contributed by atoms with E-state index in [4.69, 9.17) is 4.74 Å². The zero-order valence-electron chi connectivity index (χ0n) is 9.99. The molecule has 0 N–H and O–H groups in total. The van der Waals surface area contributed by atoms with Crippen molar-refractivity contribution in [3.63, 3.8) is 0 Å². The van der Waals surface area contributed by atoms with Crippen molar-refractivity contribution in [2.75, 3.05) is 0 Å². The highest BCUT2D eigenvalue weighted by Crippen LogP contribution is 2.44. The van der Waals surface area contributed by atoms with E-state index in [-0.39, 0.29) is 0 Å². The van der Waals surface area contributed by atoms with Crippen molar-refractivity contribution in [1.82, 2.24) is 0 Å². The molecule has 0 amide bonds. The predicted molar refractivity (Wildman–Crippen MR) is 62.2 cm³/mol. The minimum Gasteiger partial charge on any atom is -0.369 e. The van der Waals surface area contributed by atoms with Gasteiger partial charge in [-0.3, -0.25) is 4.79 Å². The Balaban J connectivity index is 1.76. The molecule has 4 atom stereocenters. The molecule has 1 saturated heterocycles. The molecule has 3 fully saturated rings. The smallest absolute Gasteiger partial charge is 0.136 e. The van der Waals surface area contributed by atoms with Crippen LogP contribution in [0.25, 0.3) is 0 Å². The van der Waals surface area contributed by atoms with Gasteiger partial charge in [-0.15, -0.1) is 0 Å². The van der Waals surface area contributed by atoms with Gasteiger partial charge in [0.2, 0.25) is 0 Å². The van der Waals surface area contributed by atoms with E-state index in [1.807, 2.05) is 0 Å². The normalized spacial score (nSPS) is 44.4. The fourth-order valence-electron chi connectivity index (χ4n) is 3.73. The van der Waals surface area contributed by atoms with Gasteiger partial charge in [-0.1, -0.05) is 25.7 Å². The van der Waals surface area contributed by atoms with Gasteiger partial charge in [-0.05, 0) is 31.6 Å². The molecule has 3 rings (SSSR count). The standard InChI is InChI=1S/C14H22O2/c15-12-8-5-9-13-14(16-13)11-7-4-2-1-3-6-10(11)12/h10-11,13-14H,1-9H2/t10-,11+,13?,14?/m1/s1. The highest BCUT2D eigenvalue weighted by molar-refractivity contribution is 5.81. The summed E-state index contributed by atoms with van der Waals surface area (Å²) < 4.78 is 5.80. The molecule has 0 bridgehead atoms. The summed E-state index contributed by atoms with van der Waals surface area (Å²) in [6.45, 7) is 0. The summed E-state index contributed by atoms with van der Waals surface area (Å²) in [5.41, 5.74) is 0. The number of carbonyl (C=O) groups excluding carboxylic acids is 1. The quantitative estimate of drug-likeness (QED) is 0.589. The van der Waals surface area contributed by atoms with Gasteiger partial charge in [-0.25, -0.2) is 0 Å².